The van der Waals surface area contributed by atoms with E-state index in [1.165, 1.54) is 31.3 Å². The van der Waals surface area contributed by atoms with Crippen molar-refractivity contribution in [3.63, 3.8) is 0 Å². The van der Waals surface area contributed by atoms with Gasteiger partial charge in [-0.1, -0.05) is 59.6 Å². The number of allylic oxidation sites excluding steroid dienone is 1. The third kappa shape index (κ3) is 13.9. The molecular formula is C17H38N2. The Morgan fingerprint density at radius 3 is 1.84 bits per heavy atom. The maximum absolute atomic E-state index is 5.33. The number of hydrogen-bond donors (Lipinski definition) is 1. The van der Waals surface area contributed by atoms with Crippen molar-refractivity contribution in [3.05, 3.63) is 12.2 Å². The molecule has 0 aromatic rings. The first-order valence-corrected chi connectivity index (χ1v) is 7.94. The molecule has 0 bridgehead atoms. The minimum absolute atomic E-state index is 0.676. The molecule has 1 rings (SSSR count). The van der Waals surface area contributed by atoms with Crippen LogP contribution in [0.2, 0.25) is 0 Å². The van der Waals surface area contributed by atoms with Gasteiger partial charge in [0.1, 0.15) is 0 Å². The zero-order valence-corrected chi connectivity index (χ0v) is 14.5. The Morgan fingerprint density at radius 1 is 1.21 bits per heavy atom. The van der Waals surface area contributed by atoms with E-state index in [0.717, 1.165) is 18.4 Å². The first-order chi connectivity index (χ1) is 8.82. The molecule has 0 aromatic heterocycles. The van der Waals surface area contributed by atoms with Crippen LogP contribution in [-0.2, 0) is 0 Å². The Bertz CT molecular complexity index is 195. The third-order valence-corrected chi connectivity index (χ3v) is 3.37. The van der Waals surface area contributed by atoms with Gasteiger partial charge >= 0.3 is 0 Å². The van der Waals surface area contributed by atoms with E-state index < -0.39 is 0 Å². The molecule has 0 amide bonds. The van der Waals surface area contributed by atoms with Gasteiger partial charge in [0.2, 0.25) is 0 Å². The molecule has 1 aliphatic carbocycles. The van der Waals surface area contributed by atoms with Crippen LogP contribution in [0.5, 0.6) is 0 Å². The summed E-state index contributed by atoms with van der Waals surface area (Å²) in [6.07, 6.45) is 5.60. The molecule has 0 atom stereocenters. The van der Waals surface area contributed by atoms with E-state index in [1.807, 2.05) is 20.9 Å². The predicted octanol–water partition coefficient (Wildman–Crippen LogP) is 4.86. The van der Waals surface area contributed by atoms with Gasteiger partial charge in [0.15, 0.2) is 0 Å². The van der Waals surface area contributed by atoms with Crippen molar-refractivity contribution < 1.29 is 0 Å². The van der Waals surface area contributed by atoms with Crippen LogP contribution in [0.15, 0.2) is 12.2 Å². The third-order valence-electron chi connectivity index (χ3n) is 3.37. The van der Waals surface area contributed by atoms with Gasteiger partial charge in [-0.2, -0.15) is 0 Å². The van der Waals surface area contributed by atoms with Crippen LogP contribution in [0.3, 0.4) is 0 Å². The zero-order chi connectivity index (χ0) is 15.4. The van der Waals surface area contributed by atoms with Gasteiger partial charge in [-0.05, 0) is 37.5 Å². The zero-order valence-electron chi connectivity index (χ0n) is 14.5. The maximum atomic E-state index is 5.33. The Hall–Kier alpha value is -0.340. The first-order valence-electron chi connectivity index (χ1n) is 7.94. The highest BCUT2D eigenvalue weighted by Crippen LogP contribution is 2.31. The van der Waals surface area contributed by atoms with Crippen LogP contribution >= 0.6 is 0 Å². The highest BCUT2D eigenvalue weighted by atomic mass is 15.4. The fourth-order valence-electron chi connectivity index (χ4n) is 2.33. The summed E-state index contributed by atoms with van der Waals surface area (Å²) in [4.78, 5) is 0. The second-order valence-electron chi connectivity index (χ2n) is 6.14. The number of rotatable bonds is 3. The molecule has 2 heteroatoms. The van der Waals surface area contributed by atoms with Crippen molar-refractivity contribution in [2.45, 2.75) is 67.2 Å². The lowest BCUT2D eigenvalue weighted by Crippen LogP contribution is -2.29. The average Bonchev–Trinajstić information content (AvgIpc) is 2.31. The standard InChI is InChI=1S/C10H18.C5H14N2.C2H6/c1-8(2)10-6-4-9(3)5-7-10;1-5(2)4-7(3)6;1-2/h9-10H,1,4-7H2,2-3H3;5H,4,6H2,1-3H3;1-2H3. The van der Waals surface area contributed by atoms with Crippen LogP contribution in [0.25, 0.3) is 0 Å². The molecule has 116 valence electrons. The quantitative estimate of drug-likeness (QED) is 0.451. The molecular weight excluding hydrogens is 232 g/mol. The van der Waals surface area contributed by atoms with Gasteiger partial charge in [-0.15, -0.1) is 0 Å². The lowest BCUT2D eigenvalue weighted by Gasteiger charge is -2.26. The molecule has 0 spiro atoms. The van der Waals surface area contributed by atoms with E-state index in [-0.39, 0.29) is 0 Å². The minimum atomic E-state index is 0.676. The van der Waals surface area contributed by atoms with Crippen LogP contribution in [-0.4, -0.2) is 18.6 Å². The summed E-state index contributed by atoms with van der Waals surface area (Å²) < 4.78 is 0. The summed E-state index contributed by atoms with van der Waals surface area (Å²) in [6.45, 7) is 17.8. The van der Waals surface area contributed by atoms with E-state index in [4.69, 9.17) is 5.84 Å². The number of nitrogens with zero attached hydrogens (tertiary/aromatic N) is 1. The monoisotopic (exact) mass is 270 g/mol. The normalized spacial score (nSPS) is 22.2. The largest absolute Gasteiger partial charge is 0.269 e. The lowest BCUT2D eigenvalue weighted by molar-refractivity contribution is 0.306. The fourth-order valence-corrected chi connectivity index (χ4v) is 2.33. The highest BCUT2D eigenvalue weighted by Gasteiger charge is 2.17. The lowest BCUT2D eigenvalue weighted by atomic mass is 9.80. The van der Waals surface area contributed by atoms with Crippen LogP contribution in [0.4, 0.5) is 0 Å². The summed E-state index contributed by atoms with van der Waals surface area (Å²) in [6, 6.07) is 0. The molecule has 19 heavy (non-hydrogen) atoms. The van der Waals surface area contributed by atoms with E-state index in [0.29, 0.717) is 5.92 Å². The number of hydrazine groups is 1. The summed E-state index contributed by atoms with van der Waals surface area (Å²) >= 11 is 0. The van der Waals surface area contributed by atoms with Gasteiger partial charge in [0, 0.05) is 13.6 Å². The van der Waals surface area contributed by atoms with Crippen molar-refractivity contribution in [2.24, 2.45) is 23.6 Å². The molecule has 1 aliphatic rings. The van der Waals surface area contributed by atoms with E-state index in [2.05, 4.69) is 34.3 Å². The van der Waals surface area contributed by atoms with Gasteiger partial charge in [0.25, 0.3) is 0 Å². The minimum Gasteiger partial charge on any atom is -0.269 e. The van der Waals surface area contributed by atoms with E-state index >= 15 is 0 Å². The van der Waals surface area contributed by atoms with E-state index in [1.54, 1.807) is 5.01 Å². The van der Waals surface area contributed by atoms with Crippen LogP contribution < -0.4 is 5.84 Å². The maximum Gasteiger partial charge on any atom is 0.0148 e. The van der Waals surface area contributed by atoms with Crippen LogP contribution in [0, 0.1) is 17.8 Å². The smallest absolute Gasteiger partial charge is 0.0148 e. The highest BCUT2D eigenvalue weighted by molar-refractivity contribution is 4.97. The first kappa shape index (κ1) is 21.0. The van der Waals surface area contributed by atoms with Gasteiger partial charge < -0.3 is 0 Å². The average molecular weight is 271 g/mol. The topological polar surface area (TPSA) is 29.3 Å². The summed E-state index contributed by atoms with van der Waals surface area (Å²) in [5.74, 6) is 7.81. The van der Waals surface area contributed by atoms with Gasteiger partial charge in [-0.3, -0.25) is 5.84 Å². The Kier molecular flexibility index (Phi) is 14.0. The SMILES string of the molecule is C=C(C)C1CCC(C)CC1.CC.CC(C)CN(C)N. The summed E-state index contributed by atoms with van der Waals surface area (Å²) in [5, 5.41) is 1.70. The molecule has 2 nitrogen and oxygen atoms in total. The van der Waals surface area contributed by atoms with Gasteiger partial charge in [0.05, 0.1) is 0 Å². The van der Waals surface area contributed by atoms with Crippen molar-refractivity contribution in [1.82, 2.24) is 5.01 Å². The molecule has 0 unspecified atom stereocenters. The van der Waals surface area contributed by atoms with Gasteiger partial charge in [-0.25, -0.2) is 5.01 Å². The molecule has 2 N–H and O–H groups in total. The second kappa shape index (κ2) is 12.7. The van der Waals surface area contributed by atoms with Crippen LogP contribution in [0.1, 0.15) is 67.2 Å². The molecule has 0 radical (unpaired) electrons. The Labute approximate surface area is 122 Å². The fraction of sp³-hybridized carbons (Fsp3) is 0.882. The number of nitrogens with two attached hydrogens (primary N) is 1. The van der Waals surface area contributed by atoms with Crippen molar-refractivity contribution >= 4 is 0 Å². The molecule has 0 aliphatic heterocycles. The second-order valence-corrected chi connectivity index (χ2v) is 6.14. The molecule has 0 aromatic carbocycles. The summed E-state index contributed by atoms with van der Waals surface area (Å²) in [5.41, 5.74) is 1.40. The number of hydrogen-bond acceptors (Lipinski definition) is 2. The van der Waals surface area contributed by atoms with E-state index in [9.17, 15) is 0 Å². The van der Waals surface area contributed by atoms with Crippen molar-refractivity contribution in [3.8, 4) is 0 Å². The molecule has 0 heterocycles. The predicted molar refractivity (Wildman–Crippen MR) is 88.9 cm³/mol. The molecule has 1 fully saturated rings. The summed E-state index contributed by atoms with van der Waals surface area (Å²) in [7, 11) is 1.88. The van der Waals surface area contributed by atoms with Crippen molar-refractivity contribution in [2.75, 3.05) is 13.6 Å². The Balaban J connectivity index is 0. The Morgan fingerprint density at radius 2 is 1.63 bits per heavy atom. The molecule has 1 saturated carbocycles. The van der Waals surface area contributed by atoms with Crippen molar-refractivity contribution in [1.29, 1.82) is 0 Å². The molecule has 0 saturated heterocycles.